The van der Waals surface area contributed by atoms with Crippen molar-refractivity contribution in [3.8, 4) is 22.3 Å². The number of rotatable bonds is 3. The Morgan fingerprint density at radius 1 is 0.455 bits per heavy atom. The first-order valence-electron chi connectivity index (χ1n) is 11.3. The van der Waals surface area contributed by atoms with Crippen molar-refractivity contribution in [3.05, 3.63) is 127 Å². The topological polar surface area (TPSA) is 6.48 Å². The van der Waals surface area contributed by atoms with Crippen LogP contribution in [0.1, 0.15) is 0 Å². The monoisotopic (exact) mass is 424 g/mol. The van der Waals surface area contributed by atoms with Crippen molar-refractivity contribution >= 4 is 28.4 Å². The summed E-state index contributed by atoms with van der Waals surface area (Å²) < 4.78 is 0. The van der Waals surface area contributed by atoms with Gasteiger partial charge in [0, 0.05) is 35.2 Å². The van der Waals surface area contributed by atoms with Crippen LogP contribution in [0.3, 0.4) is 0 Å². The zero-order valence-corrected chi connectivity index (χ0v) is 18.5. The van der Waals surface area contributed by atoms with E-state index >= 15 is 0 Å². The second-order valence-electron chi connectivity index (χ2n) is 8.33. The van der Waals surface area contributed by atoms with E-state index in [-0.39, 0.29) is 0 Å². The number of fused-ring (bicyclic) bond motifs is 5. The van der Waals surface area contributed by atoms with E-state index in [1.54, 1.807) is 0 Å². The highest BCUT2D eigenvalue weighted by Gasteiger charge is 2.26. The van der Waals surface area contributed by atoms with Gasteiger partial charge in [-0.15, -0.1) is 0 Å². The van der Waals surface area contributed by atoms with Crippen LogP contribution in [0.25, 0.3) is 22.3 Å². The van der Waals surface area contributed by atoms with E-state index in [0.717, 1.165) is 5.69 Å². The van der Waals surface area contributed by atoms with Gasteiger partial charge in [0.1, 0.15) is 0 Å². The van der Waals surface area contributed by atoms with Gasteiger partial charge in [0.15, 0.2) is 0 Å². The maximum Gasteiger partial charge on any atom is 0.0540 e. The third kappa shape index (κ3) is 3.28. The van der Waals surface area contributed by atoms with Crippen LogP contribution >= 0.6 is 0 Å². The molecule has 0 unspecified atom stereocenters. The van der Waals surface area contributed by atoms with Crippen molar-refractivity contribution in [2.75, 3.05) is 16.8 Å². The lowest BCUT2D eigenvalue weighted by Gasteiger charge is -2.27. The highest BCUT2D eigenvalue weighted by atomic mass is 15.1. The molecule has 0 saturated carbocycles. The summed E-state index contributed by atoms with van der Waals surface area (Å²) in [5, 5.41) is 0. The minimum Gasteiger partial charge on any atom is -0.345 e. The van der Waals surface area contributed by atoms with Crippen LogP contribution in [0.2, 0.25) is 0 Å². The molecular weight excluding hydrogens is 400 g/mol. The Balaban J connectivity index is 1.62. The number of hydrogen-bond donors (Lipinski definition) is 0. The lowest BCUT2D eigenvalue weighted by atomic mass is 9.94. The summed E-state index contributed by atoms with van der Waals surface area (Å²) >= 11 is 0. The summed E-state index contributed by atoms with van der Waals surface area (Å²) in [6.45, 7) is 0. The van der Waals surface area contributed by atoms with E-state index in [1.165, 1.54) is 45.0 Å². The largest absolute Gasteiger partial charge is 0.345 e. The average molecular weight is 425 g/mol. The van der Waals surface area contributed by atoms with Gasteiger partial charge >= 0.3 is 0 Å². The molecule has 0 spiro atoms. The molecule has 0 saturated heterocycles. The molecule has 0 bridgehead atoms. The van der Waals surface area contributed by atoms with E-state index < -0.39 is 0 Å². The van der Waals surface area contributed by atoms with Crippen molar-refractivity contribution in [3.63, 3.8) is 0 Å². The molecule has 0 atom stereocenters. The van der Waals surface area contributed by atoms with E-state index in [9.17, 15) is 0 Å². The fraction of sp³-hybridized carbons (Fsp3) is 0.0323. The van der Waals surface area contributed by atoms with E-state index in [4.69, 9.17) is 0 Å². The van der Waals surface area contributed by atoms with Crippen molar-refractivity contribution in [1.29, 1.82) is 0 Å². The molecule has 2 heteroatoms. The lowest BCUT2D eigenvalue weighted by Crippen LogP contribution is -2.10. The molecule has 1 aliphatic heterocycles. The molecule has 1 aliphatic rings. The SMILES string of the molecule is CN(c1ccccc1)c1ccc2c(c1)-c1ccccc1N(c1ccccc1)c1ccccc1-2. The van der Waals surface area contributed by atoms with Crippen molar-refractivity contribution in [2.45, 2.75) is 0 Å². The molecule has 0 amide bonds. The third-order valence-corrected chi connectivity index (χ3v) is 6.42. The first-order valence-corrected chi connectivity index (χ1v) is 11.3. The molecule has 0 N–H and O–H groups in total. The Morgan fingerprint density at radius 3 is 1.67 bits per heavy atom. The minimum absolute atomic E-state index is 1.16. The molecule has 0 fully saturated rings. The van der Waals surface area contributed by atoms with Gasteiger partial charge in [-0.05, 0) is 59.7 Å². The molecule has 2 nitrogen and oxygen atoms in total. The summed E-state index contributed by atoms with van der Waals surface area (Å²) in [7, 11) is 2.13. The summed E-state index contributed by atoms with van der Waals surface area (Å²) in [6, 6.07) is 45.4. The average Bonchev–Trinajstić information content (AvgIpc) is 3.02. The predicted octanol–water partition coefficient (Wildman–Crippen LogP) is 8.57. The predicted molar refractivity (Wildman–Crippen MR) is 140 cm³/mol. The molecule has 158 valence electrons. The fourth-order valence-corrected chi connectivity index (χ4v) is 4.78. The maximum atomic E-state index is 2.38. The number of hydrogen-bond acceptors (Lipinski definition) is 2. The molecule has 0 aromatic heterocycles. The Morgan fingerprint density at radius 2 is 1.00 bits per heavy atom. The van der Waals surface area contributed by atoms with E-state index in [0.29, 0.717) is 0 Å². The molecular formula is C31H24N2. The highest BCUT2D eigenvalue weighted by molar-refractivity contribution is 6.03. The maximum absolute atomic E-state index is 2.38. The highest BCUT2D eigenvalue weighted by Crippen LogP contribution is 2.51. The second-order valence-corrected chi connectivity index (χ2v) is 8.33. The van der Waals surface area contributed by atoms with Gasteiger partial charge in [-0.1, -0.05) is 78.9 Å². The van der Waals surface area contributed by atoms with Gasteiger partial charge in [-0.25, -0.2) is 0 Å². The van der Waals surface area contributed by atoms with Crippen molar-refractivity contribution < 1.29 is 0 Å². The summed E-state index contributed by atoms with van der Waals surface area (Å²) in [6.07, 6.45) is 0. The molecule has 5 aromatic carbocycles. The molecule has 6 rings (SSSR count). The van der Waals surface area contributed by atoms with Gasteiger partial charge in [0.2, 0.25) is 0 Å². The smallest absolute Gasteiger partial charge is 0.0540 e. The Bertz CT molecular complexity index is 1420. The van der Waals surface area contributed by atoms with Gasteiger partial charge in [-0.3, -0.25) is 0 Å². The third-order valence-electron chi connectivity index (χ3n) is 6.42. The molecule has 5 aromatic rings. The normalized spacial score (nSPS) is 11.7. The van der Waals surface area contributed by atoms with Crippen LogP contribution in [-0.2, 0) is 0 Å². The van der Waals surface area contributed by atoms with Crippen molar-refractivity contribution in [1.82, 2.24) is 0 Å². The van der Waals surface area contributed by atoms with Gasteiger partial charge in [0.05, 0.1) is 11.4 Å². The number of benzene rings is 5. The summed E-state index contributed by atoms with van der Waals surface area (Å²) in [5.74, 6) is 0. The van der Waals surface area contributed by atoms with Gasteiger partial charge in [0.25, 0.3) is 0 Å². The molecule has 1 heterocycles. The van der Waals surface area contributed by atoms with E-state index in [1.807, 2.05) is 0 Å². The lowest BCUT2D eigenvalue weighted by molar-refractivity contribution is 1.21. The first kappa shape index (κ1) is 19.4. The van der Waals surface area contributed by atoms with Crippen molar-refractivity contribution in [2.24, 2.45) is 0 Å². The van der Waals surface area contributed by atoms with E-state index in [2.05, 4.69) is 144 Å². The first-order chi connectivity index (χ1) is 16.3. The molecule has 33 heavy (non-hydrogen) atoms. The van der Waals surface area contributed by atoms with Crippen LogP contribution in [0.5, 0.6) is 0 Å². The fourth-order valence-electron chi connectivity index (χ4n) is 4.78. The van der Waals surface area contributed by atoms with Gasteiger partial charge in [-0.2, -0.15) is 0 Å². The number of anilines is 5. The standard InChI is InChI=1S/C31H24N2/c1-32(23-12-4-2-5-13-23)25-20-21-26-27-16-8-10-18-30(27)33(24-14-6-3-7-15-24)31-19-11-9-17-28(31)29(26)22-25/h2-22H,1H3. The zero-order chi connectivity index (χ0) is 22.2. The molecule has 0 radical (unpaired) electrons. The number of para-hydroxylation sites is 4. The Labute approximate surface area is 195 Å². The number of nitrogens with zero attached hydrogens (tertiary/aromatic N) is 2. The summed E-state index contributed by atoms with van der Waals surface area (Å²) in [4.78, 5) is 4.62. The second kappa shape index (κ2) is 7.99. The quantitative estimate of drug-likeness (QED) is 0.281. The van der Waals surface area contributed by atoms with Crippen LogP contribution < -0.4 is 9.80 Å². The summed E-state index contributed by atoms with van der Waals surface area (Å²) in [5.41, 5.74) is 10.8. The Kier molecular flexibility index (Phi) is 4.70. The minimum atomic E-state index is 1.16. The van der Waals surface area contributed by atoms with Gasteiger partial charge < -0.3 is 9.80 Å². The van der Waals surface area contributed by atoms with Crippen LogP contribution in [0.4, 0.5) is 28.4 Å². The van der Waals surface area contributed by atoms with Crippen LogP contribution in [0, 0.1) is 0 Å². The molecule has 0 aliphatic carbocycles. The zero-order valence-electron chi connectivity index (χ0n) is 18.5. The Hall–Kier alpha value is -4.30. The van der Waals surface area contributed by atoms with Crippen LogP contribution in [0.15, 0.2) is 127 Å². The van der Waals surface area contributed by atoms with Crippen LogP contribution in [-0.4, -0.2) is 7.05 Å².